The number of benzene rings is 1. The molecule has 0 radical (unpaired) electrons. The molecule has 0 amide bonds. The SMILES string of the molecule is COc1ccc2[nH]cc(-c3cc4c(C(F)(F)F)nc[nH+]c4[nH]3)c2c1. The Kier molecular flexibility index (Phi) is 3.02. The summed E-state index contributed by atoms with van der Waals surface area (Å²) in [6, 6.07) is 6.95. The van der Waals surface area contributed by atoms with Crippen LogP contribution in [0.2, 0.25) is 0 Å². The zero-order valence-electron chi connectivity index (χ0n) is 12.5. The summed E-state index contributed by atoms with van der Waals surface area (Å²) in [5.41, 5.74) is 1.52. The number of halogens is 3. The normalized spacial score (nSPS) is 12.2. The lowest BCUT2D eigenvalue weighted by molar-refractivity contribution is -0.353. The van der Waals surface area contributed by atoms with E-state index >= 15 is 0 Å². The maximum Gasteiger partial charge on any atom is 0.450 e. The smallest absolute Gasteiger partial charge is 0.450 e. The summed E-state index contributed by atoms with van der Waals surface area (Å²) >= 11 is 0. The third-order valence-electron chi connectivity index (χ3n) is 3.92. The van der Waals surface area contributed by atoms with Crippen LogP contribution in [0.1, 0.15) is 5.69 Å². The monoisotopic (exact) mass is 333 g/mol. The number of rotatable bonds is 2. The van der Waals surface area contributed by atoms with Gasteiger partial charge in [-0.2, -0.15) is 13.2 Å². The minimum absolute atomic E-state index is 0.00255. The lowest BCUT2D eigenvalue weighted by Gasteiger charge is -2.01. The van der Waals surface area contributed by atoms with Gasteiger partial charge in [0.2, 0.25) is 17.7 Å². The van der Waals surface area contributed by atoms with Gasteiger partial charge >= 0.3 is 6.18 Å². The van der Waals surface area contributed by atoms with Gasteiger partial charge < -0.3 is 9.72 Å². The summed E-state index contributed by atoms with van der Waals surface area (Å²) in [5, 5.41) is 0.847. The Morgan fingerprint density at radius 3 is 2.75 bits per heavy atom. The molecule has 4 aromatic rings. The van der Waals surface area contributed by atoms with Crippen LogP contribution in [0.15, 0.2) is 36.8 Å². The molecule has 0 saturated heterocycles. The van der Waals surface area contributed by atoms with E-state index in [-0.39, 0.29) is 11.0 Å². The van der Waals surface area contributed by atoms with E-state index in [4.69, 9.17) is 4.74 Å². The van der Waals surface area contributed by atoms with Crippen molar-refractivity contribution in [2.75, 3.05) is 7.11 Å². The van der Waals surface area contributed by atoms with Crippen molar-refractivity contribution in [2.24, 2.45) is 0 Å². The van der Waals surface area contributed by atoms with E-state index in [0.717, 1.165) is 22.8 Å². The van der Waals surface area contributed by atoms with Crippen LogP contribution in [0.4, 0.5) is 13.2 Å². The van der Waals surface area contributed by atoms with Gasteiger partial charge in [0, 0.05) is 22.7 Å². The van der Waals surface area contributed by atoms with Crippen molar-refractivity contribution in [3.8, 4) is 17.0 Å². The molecule has 0 aliphatic carbocycles. The molecule has 4 rings (SSSR count). The Labute approximate surface area is 133 Å². The summed E-state index contributed by atoms with van der Waals surface area (Å²) in [4.78, 5) is 12.2. The fourth-order valence-corrected chi connectivity index (χ4v) is 2.81. The van der Waals surface area contributed by atoms with Crippen LogP contribution in [0.3, 0.4) is 0 Å². The Bertz CT molecular complexity index is 1050. The molecule has 24 heavy (non-hydrogen) atoms. The lowest BCUT2D eigenvalue weighted by atomic mass is 10.1. The summed E-state index contributed by atoms with van der Waals surface area (Å²) in [6.45, 7) is 0. The average molecular weight is 333 g/mol. The van der Waals surface area contributed by atoms with Crippen molar-refractivity contribution >= 4 is 21.9 Å². The molecule has 3 aromatic heterocycles. The van der Waals surface area contributed by atoms with Crippen LogP contribution in [0, 0.1) is 0 Å². The molecule has 0 aliphatic rings. The molecular formula is C16H12F3N4O+. The molecule has 0 atom stereocenters. The van der Waals surface area contributed by atoms with E-state index in [2.05, 4.69) is 19.9 Å². The molecule has 0 fully saturated rings. The van der Waals surface area contributed by atoms with Crippen LogP contribution < -0.4 is 9.72 Å². The topological polar surface area (TPSA) is 67.8 Å². The maximum atomic E-state index is 13.1. The molecule has 0 aliphatic heterocycles. The lowest BCUT2D eigenvalue weighted by Crippen LogP contribution is -2.14. The van der Waals surface area contributed by atoms with Crippen LogP contribution in [-0.4, -0.2) is 22.1 Å². The molecule has 122 valence electrons. The number of hydrogen-bond acceptors (Lipinski definition) is 2. The zero-order chi connectivity index (χ0) is 16.9. The van der Waals surface area contributed by atoms with Crippen molar-refractivity contribution in [3.63, 3.8) is 0 Å². The molecule has 5 nitrogen and oxygen atoms in total. The van der Waals surface area contributed by atoms with Crippen LogP contribution in [0.5, 0.6) is 5.75 Å². The molecular weight excluding hydrogens is 321 g/mol. The molecule has 8 heteroatoms. The Balaban J connectivity index is 1.94. The van der Waals surface area contributed by atoms with Gasteiger partial charge in [-0.15, -0.1) is 4.98 Å². The molecule has 3 heterocycles. The number of fused-ring (bicyclic) bond motifs is 2. The highest BCUT2D eigenvalue weighted by Crippen LogP contribution is 2.36. The number of alkyl halides is 3. The number of H-pyrrole nitrogens is 3. The minimum Gasteiger partial charge on any atom is -0.497 e. The van der Waals surface area contributed by atoms with Gasteiger partial charge in [0.05, 0.1) is 12.5 Å². The minimum atomic E-state index is -4.52. The van der Waals surface area contributed by atoms with Gasteiger partial charge in [-0.25, -0.2) is 4.98 Å². The molecule has 3 N–H and O–H groups in total. The van der Waals surface area contributed by atoms with Crippen molar-refractivity contribution in [1.82, 2.24) is 15.0 Å². The first-order valence-electron chi connectivity index (χ1n) is 7.09. The molecule has 0 spiro atoms. The number of aromatic amines is 3. The Morgan fingerprint density at radius 1 is 1.17 bits per heavy atom. The fraction of sp³-hybridized carbons (Fsp3) is 0.125. The number of methoxy groups -OCH3 is 1. The predicted molar refractivity (Wildman–Crippen MR) is 81.5 cm³/mol. The van der Waals surface area contributed by atoms with Crippen LogP contribution in [-0.2, 0) is 6.18 Å². The van der Waals surface area contributed by atoms with Gasteiger partial charge in [0.15, 0.2) is 0 Å². The quantitative estimate of drug-likeness (QED) is 0.589. The van der Waals surface area contributed by atoms with E-state index < -0.39 is 11.9 Å². The second-order valence-corrected chi connectivity index (χ2v) is 5.33. The highest BCUT2D eigenvalue weighted by atomic mass is 19.4. The van der Waals surface area contributed by atoms with E-state index in [1.54, 1.807) is 13.3 Å². The maximum absolute atomic E-state index is 13.1. The van der Waals surface area contributed by atoms with Gasteiger partial charge in [-0.1, -0.05) is 0 Å². The fourth-order valence-electron chi connectivity index (χ4n) is 2.81. The summed E-state index contributed by atoms with van der Waals surface area (Å²) in [5.74, 6) is 0.670. The van der Waals surface area contributed by atoms with Crippen molar-refractivity contribution < 1.29 is 22.9 Å². The van der Waals surface area contributed by atoms with Gasteiger partial charge in [-0.05, 0) is 24.3 Å². The van der Waals surface area contributed by atoms with Crippen molar-refractivity contribution in [2.45, 2.75) is 6.18 Å². The Morgan fingerprint density at radius 2 is 2.00 bits per heavy atom. The van der Waals surface area contributed by atoms with Crippen molar-refractivity contribution in [1.29, 1.82) is 0 Å². The molecule has 0 unspecified atom stereocenters. The second kappa shape index (κ2) is 4.98. The molecule has 1 aromatic carbocycles. The first-order valence-corrected chi connectivity index (χ1v) is 7.09. The molecule has 0 saturated carbocycles. The van der Waals surface area contributed by atoms with E-state index in [1.165, 1.54) is 6.07 Å². The average Bonchev–Trinajstić information content (AvgIpc) is 3.16. The number of ether oxygens (including phenoxy) is 1. The highest BCUT2D eigenvalue weighted by Gasteiger charge is 2.39. The van der Waals surface area contributed by atoms with E-state index in [9.17, 15) is 13.2 Å². The summed E-state index contributed by atoms with van der Waals surface area (Å²) < 4.78 is 44.5. The second-order valence-electron chi connectivity index (χ2n) is 5.33. The van der Waals surface area contributed by atoms with Crippen LogP contribution >= 0.6 is 0 Å². The first kappa shape index (κ1) is 14.6. The van der Waals surface area contributed by atoms with Gasteiger partial charge in [0.1, 0.15) is 11.4 Å². The third kappa shape index (κ3) is 2.18. The van der Waals surface area contributed by atoms with Crippen molar-refractivity contribution in [3.05, 3.63) is 42.5 Å². The van der Waals surface area contributed by atoms with Gasteiger partial charge in [0.25, 0.3) is 0 Å². The van der Waals surface area contributed by atoms with Gasteiger partial charge in [-0.3, -0.25) is 4.98 Å². The third-order valence-corrected chi connectivity index (χ3v) is 3.92. The number of aromatic nitrogens is 4. The molecule has 0 bridgehead atoms. The Hall–Kier alpha value is -3.03. The highest BCUT2D eigenvalue weighted by molar-refractivity contribution is 5.98. The summed E-state index contributed by atoms with van der Waals surface area (Å²) in [6.07, 6.45) is -1.74. The predicted octanol–water partition coefficient (Wildman–Crippen LogP) is 3.55. The van der Waals surface area contributed by atoms with E-state index in [1.807, 2.05) is 18.2 Å². The summed E-state index contributed by atoms with van der Waals surface area (Å²) in [7, 11) is 1.56. The number of nitrogens with one attached hydrogen (secondary N) is 3. The zero-order valence-corrected chi connectivity index (χ0v) is 12.5. The standard InChI is InChI=1S/C16H11F3N4O/c1-24-8-2-3-12-9(4-8)11(6-20-12)13-5-10-14(16(17,18)19)21-7-22-15(10)23-13/h2-7,20H,1H3,(H,21,22,23)/p+1. The van der Waals surface area contributed by atoms with E-state index in [0.29, 0.717) is 11.4 Å². The van der Waals surface area contributed by atoms with Crippen LogP contribution in [0.25, 0.3) is 33.2 Å². The number of hydrogen-bond donors (Lipinski definition) is 2. The number of nitrogens with zero attached hydrogens (tertiary/aromatic N) is 1. The first-order chi connectivity index (χ1) is 11.5. The largest absolute Gasteiger partial charge is 0.497 e.